The molecule has 1 aromatic heterocycles. The molecule has 0 aromatic carbocycles. The maximum Gasteiger partial charge on any atom is 0.314 e. The molecule has 0 aliphatic heterocycles. The summed E-state index contributed by atoms with van der Waals surface area (Å²) >= 11 is 0. The zero-order valence-corrected chi connectivity index (χ0v) is 9.80. The van der Waals surface area contributed by atoms with Crippen LogP contribution in [0.25, 0.3) is 0 Å². The number of aryl methyl sites for hydroxylation is 1. The van der Waals surface area contributed by atoms with Gasteiger partial charge in [0.25, 0.3) is 0 Å². The van der Waals surface area contributed by atoms with Crippen molar-refractivity contribution in [3.8, 4) is 5.88 Å². The van der Waals surface area contributed by atoms with Crippen molar-refractivity contribution in [3.05, 3.63) is 23.4 Å². The minimum atomic E-state index is -0.986. The van der Waals surface area contributed by atoms with Crippen LogP contribution in [0.3, 0.4) is 0 Å². The summed E-state index contributed by atoms with van der Waals surface area (Å²) in [4.78, 5) is 15.5. The van der Waals surface area contributed by atoms with Gasteiger partial charge in [0, 0.05) is 11.8 Å². The molecule has 0 amide bonds. The van der Waals surface area contributed by atoms with E-state index in [4.69, 9.17) is 4.74 Å². The highest BCUT2D eigenvalue weighted by Gasteiger charge is 2.51. The van der Waals surface area contributed by atoms with E-state index in [-0.39, 0.29) is 12.8 Å². The average molecular weight is 237 g/mol. The van der Waals surface area contributed by atoms with E-state index in [2.05, 4.69) is 4.98 Å². The Labute approximate surface area is 99.1 Å². The van der Waals surface area contributed by atoms with Gasteiger partial charge in [0.15, 0.2) is 0 Å². The van der Waals surface area contributed by atoms with E-state index < -0.39 is 17.5 Å². The Balaban J connectivity index is 2.44. The summed E-state index contributed by atoms with van der Waals surface area (Å²) in [6.07, 6.45) is -0.0466. The van der Waals surface area contributed by atoms with Crippen LogP contribution in [0, 0.1) is 6.92 Å². The summed E-state index contributed by atoms with van der Waals surface area (Å²) < 4.78 is 5.04. The summed E-state index contributed by atoms with van der Waals surface area (Å²) in [5.41, 5.74) is 0.376. The van der Waals surface area contributed by atoms with Crippen molar-refractivity contribution in [1.82, 2.24) is 4.98 Å². The van der Waals surface area contributed by atoms with Crippen LogP contribution in [-0.2, 0) is 10.2 Å². The standard InChI is InChI=1S/C12H15NO4/c1-7-3-8(4-10(13-7)17-2)12(11(15)16)5-9(14)6-12/h3-4,9,14H,5-6H2,1-2H3,(H,15,16). The lowest BCUT2D eigenvalue weighted by Crippen LogP contribution is -2.50. The van der Waals surface area contributed by atoms with Crippen molar-refractivity contribution in [2.75, 3.05) is 7.11 Å². The van der Waals surface area contributed by atoms with E-state index in [1.54, 1.807) is 19.1 Å². The lowest BCUT2D eigenvalue weighted by Gasteiger charge is -2.42. The number of aliphatic carboxylic acids is 1. The molecule has 0 atom stereocenters. The van der Waals surface area contributed by atoms with Gasteiger partial charge in [0.05, 0.1) is 18.6 Å². The highest BCUT2D eigenvalue weighted by atomic mass is 16.5. The van der Waals surface area contributed by atoms with Crippen molar-refractivity contribution in [2.45, 2.75) is 31.3 Å². The van der Waals surface area contributed by atoms with Gasteiger partial charge in [-0.15, -0.1) is 0 Å². The third-order valence-electron chi connectivity index (χ3n) is 3.27. The van der Waals surface area contributed by atoms with Crippen LogP contribution in [0.1, 0.15) is 24.1 Å². The monoisotopic (exact) mass is 237 g/mol. The van der Waals surface area contributed by atoms with E-state index in [0.717, 1.165) is 0 Å². The van der Waals surface area contributed by atoms with E-state index in [1.807, 2.05) is 0 Å². The van der Waals surface area contributed by atoms with Crippen LogP contribution in [0.5, 0.6) is 5.88 Å². The summed E-state index contributed by atoms with van der Waals surface area (Å²) in [5, 5.41) is 18.7. The fourth-order valence-corrected chi connectivity index (χ4v) is 2.30. The molecule has 0 spiro atoms. The largest absolute Gasteiger partial charge is 0.481 e. The second-order valence-corrected chi connectivity index (χ2v) is 4.49. The molecule has 2 N–H and O–H groups in total. The van der Waals surface area contributed by atoms with Crippen LogP contribution in [0.4, 0.5) is 0 Å². The molecule has 0 radical (unpaired) electrons. The summed E-state index contributed by atoms with van der Waals surface area (Å²) in [7, 11) is 1.49. The number of methoxy groups -OCH3 is 1. The lowest BCUT2D eigenvalue weighted by atomic mass is 9.63. The van der Waals surface area contributed by atoms with E-state index in [0.29, 0.717) is 17.1 Å². The first-order chi connectivity index (χ1) is 7.98. The normalized spacial score (nSPS) is 27.4. The Hall–Kier alpha value is -1.62. The van der Waals surface area contributed by atoms with Crippen molar-refractivity contribution >= 4 is 5.97 Å². The van der Waals surface area contributed by atoms with Crippen molar-refractivity contribution in [1.29, 1.82) is 0 Å². The number of carboxylic acids is 1. The van der Waals surface area contributed by atoms with E-state index in [9.17, 15) is 15.0 Å². The summed E-state index contributed by atoms with van der Waals surface area (Å²) in [6.45, 7) is 1.79. The zero-order valence-electron chi connectivity index (χ0n) is 9.80. The van der Waals surface area contributed by atoms with Crippen LogP contribution in [0.15, 0.2) is 12.1 Å². The molecule has 0 bridgehead atoms. The topological polar surface area (TPSA) is 79.7 Å². The third-order valence-corrected chi connectivity index (χ3v) is 3.27. The fourth-order valence-electron chi connectivity index (χ4n) is 2.30. The number of ether oxygens (including phenoxy) is 1. The van der Waals surface area contributed by atoms with Gasteiger partial charge < -0.3 is 14.9 Å². The number of pyridine rings is 1. The molecule has 17 heavy (non-hydrogen) atoms. The summed E-state index contributed by atoms with van der Waals surface area (Å²) in [5.74, 6) is -0.502. The molecular formula is C12H15NO4. The highest BCUT2D eigenvalue weighted by molar-refractivity contribution is 5.83. The van der Waals surface area contributed by atoms with Gasteiger partial charge in [-0.05, 0) is 31.4 Å². The van der Waals surface area contributed by atoms with Gasteiger partial charge in [-0.3, -0.25) is 4.79 Å². The maximum absolute atomic E-state index is 11.4. The van der Waals surface area contributed by atoms with E-state index >= 15 is 0 Å². The smallest absolute Gasteiger partial charge is 0.314 e. The van der Waals surface area contributed by atoms with Gasteiger partial charge in [-0.25, -0.2) is 4.98 Å². The predicted octanol–water partition coefficient (Wildman–Crippen LogP) is 0.876. The van der Waals surface area contributed by atoms with Gasteiger partial charge in [0.2, 0.25) is 5.88 Å². The van der Waals surface area contributed by atoms with Crippen molar-refractivity contribution in [2.24, 2.45) is 0 Å². The Kier molecular flexibility index (Phi) is 2.79. The molecule has 0 saturated heterocycles. The molecule has 2 rings (SSSR count). The first-order valence-corrected chi connectivity index (χ1v) is 5.42. The predicted molar refractivity (Wildman–Crippen MR) is 60.1 cm³/mol. The molecule has 5 nitrogen and oxygen atoms in total. The first kappa shape index (κ1) is 11.9. The van der Waals surface area contributed by atoms with Crippen molar-refractivity contribution < 1.29 is 19.7 Å². The maximum atomic E-state index is 11.4. The number of hydrogen-bond donors (Lipinski definition) is 2. The molecule has 92 valence electrons. The van der Waals surface area contributed by atoms with Gasteiger partial charge in [0.1, 0.15) is 0 Å². The van der Waals surface area contributed by atoms with Gasteiger partial charge in [-0.2, -0.15) is 0 Å². The Bertz CT molecular complexity index is 452. The van der Waals surface area contributed by atoms with Gasteiger partial charge in [-0.1, -0.05) is 0 Å². The average Bonchev–Trinajstić information content (AvgIpc) is 2.23. The second-order valence-electron chi connectivity index (χ2n) is 4.49. The number of aromatic nitrogens is 1. The van der Waals surface area contributed by atoms with E-state index in [1.165, 1.54) is 7.11 Å². The molecule has 1 heterocycles. The number of aliphatic hydroxyl groups excluding tert-OH is 1. The molecule has 0 unspecified atom stereocenters. The Morgan fingerprint density at radius 3 is 2.65 bits per heavy atom. The molecule has 1 saturated carbocycles. The molecule has 1 aliphatic carbocycles. The first-order valence-electron chi connectivity index (χ1n) is 5.42. The number of rotatable bonds is 3. The minimum absolute atomic E-state index is 0.245. The van der Waals surface area contributed by atoms with Gasteiger partial charge >= 0.3 is 5.97 Å². The molecule has 5 heteroatoms. The lowest BCUT2D eigenvalue weighted by molar-refractivity contribution is -0.152. The quantitative estimate of drug-likeness (QED) is 0.815. The van der Waals surface area contributed by atoms with Crippen LogP contribution >= 0.6 is 0 Å². The number of carboxylic acid groups (broad SMARTS) is 1. The SMILES string of the molecule is COc1cc(C2(C(=O)O)CC(O)C2)cc(C)n1. The number of carbonyl (C=O) groups is 1. The van der Waals surface area contributed by atoms with Crippen LogP contribution in [0.2, 0.25) is 0 Å². The zero-order chi connectivity index (χ0) is 12.6. The van der Waals surface area contributed by atoms with Crippen LogP contribution < -0.4 is 4.74 Å². The van der Waals surface area contributed by atoms with Crippen LogP contribution in [-0.4, -0.2) is 34.4 Å². The number of nitrogens with zero attached hydrogens (tertiary/aromatic N) is 1. The molecule has 1 aromatic rings. The minimum Gasteiger partial charge on any atom is -0.481 e. The molecule has 1 aliphatic rings. The highest BCUT2D eigenvalue weighted by Crippen LogP contribution is 2.44. The number of hydrogen-bond acceptors (Lipinski definition) is 4. The second kappa shape index (κ2) is 4.00. The third kappa shape index (κ3) is 1.86. The summed E-state index contributed by atoms with van der Waals surface area (Å²) in [6, 6.07) is 3.37. The van der Waals surface area contributed by atoms with Crippen molar-refractivity contribution in [3.63, 3.8) is 0 Å². The number of aliphatic hydroxyl groups is 1. The fraction of sp³-hybridized carbons (Fsp3) is 0.500. The Morgan fingerprint density at radius 1 is 1.53 bits per heavy atom. The molecule has 1 fully saturated rings. The Morgan fingerprint density at radius 2 is 2.18 bits per heavy atom. The molecular weight excluding hydrogens is 222 g/mol.